The van der Waals surface area contributed by atoms with Crippen LogP contribution in [0.1, 0.15) is 38.4 Å². The highest BCUT2D eigenvalue weighted by Gasteiger charge is 2.30. The fraction of sp³-hybridized carbons (Fsp3) is 0.500. The predicted molar refractivity (Wildman–Crippen MR) is 82.1 cm³/mol. The summed E-state index contributed by atoms with van der Waals surface area (Å²) in [7, 11) is 0. The summed E-state index contributed by atoms with van der Waals surface area (Å²) < 4.78 is 1.79. The number of para-hydroxylation sites is 1. The summed E-state index contributed by atoms with van der Waals surface area (Å²) in [6, 6.07) is 7.49. The SMILES string of the molecule is CC1(Cn2c(CCl)nc3ccccc3c2=O)CCCC1. The van der Waals surface area contributed by atoms with Gasteiger partial charge in [0.15, 0.2) is 0 Å². The lowest BCUT2D eigenvalue weighted by Crippen LogP contribution is -2.31. The fourth-order valence-electron chi connectivity index (χ4n) is 3.25. The van der Waals surface area contributed by atoms with Gasteiger partial charge in [-0.15, -0.1) is 11.6 Å². The van der Waals surface area contributed by atoms with Crippen LogP contribution >= 0.6 is 11.6 Å². The van der Waals surface area contributed by atoms with Crippen LogP contribution in [-0.4, -0.2) is 9.55 Å². The summed E-state index contributed by atoms with van der Waals surface area (Å²) in [5.74, 6) is 0.958. The first-order chi connectivity index (χ1) is 9.63. The van der Waals surface area contributed by atoms with Gasteiger partial charge in [0.05, 0.1) is 16.8 Å². The molecular formula is C16H19ClN2O. The minimum absolute atomic E-state index is 0.0411. The Bertz CT molecular complexity index is 686. The Labute approximate surface area is 123 Å². The lowest BCUT2D eigenvalue weighted by Gasteiger charge is -2.25. The largest absolute Gasteiger partial charge is 0.295 e. The summed E-state index contributed by atoms with van der Waals surface area (Å²) >= 11 is 6.01. The maximum Gasteiger partial charge on any atom is 0.261 e. The third-order valence-electron chi connectivity index (χ3n) is 4.41. The van der Waals surface area contributed by atoms with Gasteiger partial charge in [-0.2, -0.15) is 0 Å². The van der Waals surface area contributed by atoms with Gasteiger partial charge in [-0.3, -0.25) is 9.36 Å². The number of fused-ring (bicyclic) bond motifs is 1. The van der Waals surface area contributed by atoms with Crippen molar-refractivity contribution in [1.82, 2.24) is 9.55 Å². The minimum Gasteiger partial charge on any atom is -0.295 e. The lowest BCUT2D eigenvalue weighted by molar-refractivity contribution is 0.274. The Morgan fingerprint density at radius 3 is 2.70 bits per heavy atom. The van der Waals surface area contributed by atoms with Crippen LogP contribution in [0.25, 0.3) is 10.9 Å². The highest BCUT2D eigenvalue weighted by molar-refractivity contribution is 6.16. The molecule has 1 aliphatic rings. The van der Waals surface area contributed by atoms with Crippen molar-refractivity contribution in [3.05, 3.63) is 40.4 Å². The van der Waals surface area contributed by atoms with Crippen LogP contribution in [-0.2, 0) is 12.4 Å². The molecule has 0 amide bonds. The first-order valence-corrected chi connectivity index (χ1v) is 7.71. The van der Waals surface area contributed by atoms with Crippen LogP contribution < -0.4 is 5.56 Å². The van der Waals surface area contributed by atoms with E-state index in [1.54, 1.807) is 4.57 Å². The number of rotatable bonds is 3. The zero-order chi connectivity index (χ0) is 14.2. The number of nitrogens with zero attached hydrogens (tertiary/aromatic N) is 2. The van der Waals surface area contributed by atoms with Gasteiger partial charge in [0, 0.05) is 6.54 Å². The van der Waals surface area contributed by atoms with Crippen LogP contribution in [0.2, 0.25) is 0 Å². The molecule has 0 saturated heterocycles. The molecule has 0 aliphatic heterocycles. The van der Waals surface area contributed by atoms with E-state index in [4.69, 9.17) is 11.6 Å². The van der Waals surface area contributed by atoms with E-state index in [-0.39, 0.29) is 16.9 Å². The van der Waals surface area contributed by atoms with Gasteiger partial charge in [0.25, 0.3) is 5.56 Å². The van der Waals surface area contributed by atoms with Gasteiger partial charge in [-0.1, -0.05) is 31.9 Å². The molecule has 0 unspecified atom stereocenters. The number of alkyl halides is 1. The molecule has 2 aromatic rings. The molecule has 0 bridgehead atoms. The standard InChI is InChI=1S/C16H19ClN2O/c1-16(8-4-5-9-16)11-19-14(10-17)18-13-7-3-2-6-12(13)15(19)20/h2-3,6-7H,4-5,8-11H2,1H3. The van der Waals surface area contributed by atoms with Crippen molar-refractivity contribution in [2.24, 2.45) is 5.41 Å². The summed E-state index contributed by atoms with van der Waals surface area (Å²) in [5, 5.41) is 0.683. The van der Waals surface area contributed by atoms with Gasteiger partial charge in [0.1, 0.15) is 5.82 Å². The monoisotopic (exact) mass is 290 g/mol. The first kappa shape index (κ1) is 13.6. The second-order valence-corrected chi connectivity index (χ2v) is 6.36. The Hall–Kier alpha value is -1.35. The van der Waals surface area contributed by atoms with E-state index in [1.807, 2.05) is 24.3 Å². The number of aromatic nitrogens is 2. The molecular weight excluding hydrogens is 272 g/mol. The molecule has 1 aromatic carbocycles. The highest BCUT2D eigenvalue weighted by Crippen LogP contribution is 2.38. The molecule has 0 atom stereocenters. The van der Waals surface area contributed by atoms with Crippen molar-refractivity contribution in [2.45, 2.75) is 45.0 Å². The van der Waals surface area contributed by atoms with E-state index in [2.05, 4.69) is 11.9 Å². The molecule has 1 fully saturated rings. The molecule has 3 nitrogen and oxygen atoms in total. The Kier molecular flexibility index (Phi) is 3.55. The average molecular weight is 291 g/mol. The number of hydrogen-bond donors (Lipinski definition) is 0. The summed E-state index contributed by atoms with van der Waals surface area (Å²) in [5.41, 5.74) is 0.981. The van der Waals surface area contributed by atoms with E-state index in [0.29, 0.717) is 11.2 Å². The number of halogens is 1. The fourth-order valence-corrected chi connectivity index (χ4v) is 3.45. The molecule has 1 saturated carbocycles. The summed E-state index contributed by atoms with van der Waals surface area (Å²) in [6.45, 7) is 2.99. The molecule has 4 heteroatoms. The maximum absolute atomic E-state index is 12.7. The third kappa shape index (κ3) is 2.35. The molecule has 106 valence electrons. The smallest absolute Gasteiger partial charge is 0.261 e. The van der Waals surface area contributed by atoms with Crippen molar-refractivity contribution in [1.29, 1.82) is 0 Å². The molecule has 1 heterocycles. The van der Waals surface area contributed by atoms with Gasteiger partial charge >= 0.3 is 0 Å². The van der Waals surface area contributed by atoms with E-state index in [0.717, 1.165) is 12.1 Å². The van der Waals surface area contributed by atoms with Crippen LogP contribution in [0.4, 0.5) is 0 Å². The van der Waals surface area contributed by atoms with Crippen molar-refractivity contribution in [2.75, 3.05) is 0 Å². The van der Waals surface area contributed by atoms with Crippen molar-refractivity contribution in [3.8, 4) is 0 Å². The molecule has 3 rings (SSSR count). The number of hydrogen-bond acceptors (Lipinski definition) is 2. The summed E-state index contributed by atoms with van der Waals surface area (Å²) in [4.78, 5) is 17.3. The van der Waals surface area contributed by atoms with Gasteiger partial charge in [-0.25, -0.2) is 4.98 Å². The summed E-state index contributed by atoms with van der Waals surface area (Å²) in [6.07, 6.45) is 4.85. The molecule has 0 N–H and O–H groups in total. The second-order valence-electron chi connectivity index (χ2n) is 6.09. The zero-order valence-electron chi connectivity index (χ0n) is 11.7. The van der Waals surface area contributed by atoms with Crippen molar-refractivity contribution in [3.63, 3.8) is 0 Å². The Balaban J connectivity index is 2.13. The Morgan fingerprint density at radius 2 is 2.00 bits per heavy atom. The minimum atomic E-state index is 0.0411. The molecule has 20 heavy (non-hydrogen) atoms. The van der Waals surface area contributed by atoms with Crippen LogP contribution in [0.3, 0.4) is 0 Å². The topological polar surface area (TPSA) is 34.9 Å². The molecule has 0 radical (unpaired) electrons. The first-order valence-electron chi connectivity index (χ1n) is 7.17. The van der Waals surface area contributed by atoms with Crippen molar-refractivity contribution >= 4 is 22.5 Å². The number of benzene rings is 1. The quantitative estimate of drug-likeness (QED) is 0.808. The van der Waals surface area contributed by atoms with Crippen molar-refractivity contribution < 1.29 is 0 Å². The van der Waals surface area contributed by atoms with Gasteiger partial charge in [0.2, 0.25) is 0 Å². The molecule has 1 aromatic heterocycles. The van der Waals surface area contributed by atoms with E-state index >= 15 is 0 Å². The van der Waals surface area contributed by atoms with Crippen LogP contribution in [0.15, 0.2) is 29.1 Å². The maximum atomic E-state index is 12.7. The predicted octanol–water partition coefficient (Wildman–Crippen LogP) is 3.72. The normalized spacial score (nSPS) is 17.7. The van der Waals surface area contributed by atoms with Crippen LogP contribution in [0, 0.1) is 5.41 Å². The lowest BCUT2D eigenvalue weighted by atomic mass is 9.88. The second kappa shape index (κ2) is 5.21. The van der Waals surface area contributed by atoms with Crippen LogP contribution in [0.5, 0.6) is 0 Å². The zero-order valence-corrected chi connectivity index (χ0v) is 12.5. The molecule has 1 aliphatic carbocycles. The van der Waals surface area contributed by atoms with Gasteiger partial charge < -0.3 is 0 Å². The Morgan fingerprint density at radius 1 is 1.30 bits per heavy atom. The van der Waals surface area contributed by atoms with Gasteiger partial charge in [-0.05, 0) is 30.4 Å². The molecule has 0 spiro atoms. The highest BCUT2D eigenvalue weighted by atomic mass is 35.5. The third-order valence-corrected chi connectivity index (χ3v) is 4.65. The van der Waals surface area contributed by atoms with E-state index < -0.39 is 0 Å². The van der Waals surface area contributed by atoms with E-state index in [9.17, 15) is 4.79 Å². The average Bonchev–Trinajstić information content (AvgIpc) is 2.88. The van der Waals surface area contributed by atoms with E-state index in [1.165, 1.54) is 25.7 Å².